The summed E-state index contributed by atoms with van der Waals surface area (Å²) in [5.41, 5.74) is 6.65. The fourth-order valence-electron chi connectivity index (χ4n) is 1.37. The van der Waals surface area contributed by atoms with Gasteiger partial charge >= 0.3 is 0 Å². The number of halogens is 1. The van der Waals surface area contributed by atoms with Crippen LogP contribution >= 0.6 is 11.6 Å². The number of hydrogen-bond donors (Lipinski definition) is 2. The van der Waals surface area contributed by atoms with Gasteiger partial charge in [-0.2, -0.15) is 0 Å². The molecular weight excluding hydrogens is 266 g/mol. The number of nitrogens with zero attached hydrogens (tertiary/aromatic N) is 1. The maximum Gasteiger partial charge on any atom is 0.277 e. The van der Waals surface area contributed by atoms with Crippen LogP contribution in [0.5, 0.6) is 0 Å². The summed E-state index contributed by atoms with van der Waals surface area (Å²) in [6.45, 7) is 0.267. The van der Waals surface area contributed by atoms with Crippen molar-refractivity contribution in [2.75, 3.05) is 11.9 Å². The van der Waals surface area contributed by atoms with Crippen LogP contribution in [0.1, 0.15) is 16.1 Å². The van der Waals surface area contributed by atoms with Crippen molar-refractivity contribution in [2.45, 2.75) is 0 Å². The summed E-state index contributed by atoms with van der Waals surface area (Å²) in [5, 5.41) is 6.59. The molecule has 1 amide bonds. The first-order chi connectivity index (χ1) is 9.20. The van der Waals surface area contributed by atoms with E-state index in [1.54, 1.807) is 18.2 Å². The maximum absolute atomic E-state index is 11.8. The minimum atomic E-state index is -0.403. The molecule has 2 aromatic rings. The number of hydrogen-bond acceptors (Lipinski definition) is 4. The maximum atomic E-state index is 11.8. The van der Waals surface area contributed by atoms with E-state index in [9.17, 15) is 4.79 Å². The van der Waals surface area contributed by atoms with Crippen molar-refractivity contribution in [2.24, 2.45) is 5.73 Å². The molecule has 0 aliphatic carbocycles. The Balaban J connectivity index is 2.22. The molecule has 5 nitrogen and oxygen atoms in total. The summed E-state index contributed by atoms with van der Waals surface area (Å²) >= 11 is 6.00. The molecule has 0 fully saturated rings. The zero-order chi connectivity index (χ0) is 13.7. The first-order valence-corrected chi connectivity index (χ1v) is 5.78. The minimum Gasteiger partial charge on any atom is -0.364 e. The van der Waals surface area contributed by atoms with Gasteiger partial charge in [0.1, 0.15) is 6.26 Å². The molecule has 0 atom stereocenters. The number of anilines is 1. The lowest BCUT2D eigenvalue weighted by Crippen LogP contribution is -2.12. The number of carbonyl (C=O) groups excluding carboxylic acids is 1. The van der Waals surface area contributed by atoms with Crippen molar-refractivity contribution < 1.29 is 9.32 Å². The van der Waals surface area contributed by atoms with Gasteiger partial charge in [-0.25, -0.2) is 0 Å². The second kappa shape index (κ2) is 6.05. The van der Waals surface area contributed by atoms with Gasteiger partial charge in [-0.1, -0.05) is 28.6 Å². The summed E-state index contributed by atoms with van der Waals surface area (Å²) in [7, 11) is 0. The third-order valence-corrected chi connectivity index (χ3v) is 2.55. The van der Waals surface area contributed by atoms with Crippen LogP contribution in [0, 0.1) is 11.8 Å². The van der Waals surface area contributed by atoms with Crippen molar-refractivity contribution in [3.8, 4) is 11.8 Å². The summed E-state index contributed by atoms with van der Waals surface area (Å²) in [4.78, 5) is 11.8. The number of carbonyl (C=O) groups is 1. The molecule has 1 aromatic heterocycles. The van der Waals surface area contributed by atoms with Crippen molar-refractivity contribution in [1.29, 1.82) is 0 Å². The van der Waals surface area contributed by atoms with Crippen LogP contribution in [-0.4, -0.2) is 17.6 Å². The van der Waals surface area contributed by atoms with E-state index < -0.39 is 5.91 Å². The predicted molar refractivity (Wildman–Crippen MR) is 71.8 cm³/mol. The summed E-state index contributed by atoms with van der Waals surface area (Å²) in [6.07, 6.45) is 1.32. The second-order valence-corrected chi connectivity index (χ2v) is 3.95. The highest BCUT2D eigenvalue weighted by molar-refractivity contribution is 6.33. The third-order valence-electron chi connectivity index (χ3n) is 2.22. The van der Waals surface area contributed by atoms with Crippen LogP contribution in [0.3, 0.4) is 0 Å². The van der Waals surface area contributed by atoms with Gasteiger partial charge in [0.2, 0.25) is 0 Å². The Morgan fingerprint density at radius 1 is 1.47 bits per heavy atom. The molecule has 1 heterocycles. The summed E-state index contributed by atoms with van der Waals surface area (Å²) in [5.74, 6) is 5.18. The zero-order valence-corrected chi connectivity index (χ0v) is 10.6. The highest BCUT2D eigenvalue weighted by Gasteiger charge is 2.11. The SMILES string of the molecule is NCC#Cc1ccc(Cl)c(NC(=O)c2ccon2)c1. The number of aromatic nitrogens is 1. The van der Waals surface area contributed by atoms with Crippen LogP contribution in [0.25, 0.3) is 0 Å². The van der Waals surface area contributed by atoms with Crippen LogP contribution < -0.4 is 11.1 Å². The number of benzene rings is 1. The van der Waals surface area contributed by atoms with Crippen LogP contribution in [0.2, 0.25) is 5.02 Å². The minimum absolute atomic E-state index is 0.175. The zero-order valence-electron chi connectivity index (χ0n) is 9.81. The third kappa shape index (κ3) is 3.35. The average molecular weight is 276 g/mol. The van der Waals surface area contributed by atoms with Gasteiger partial charge < -0.3 is 15.6 Å². The number of rotatable bonds is 2. The molecule has 0 spiro atoms. The fourth-order valence-corrected chi connectivity index (χ4v) is 1.53. The molecule has 1 aromatic carbocycles. The second-order valence-electron chi connectivity index (χ2n) is 3.54. The van der Waals surface area contributed by atoms with E-state index in [1.807, 2.05) is 0 Å². The molecule has 3 N–H and O–H groups in total. The largest absolute Gasteiger partial charge is 0.364 e. The molecule has 0 unspecified atom stereocenters. The lowest BCUT2D eigenvalue weighted by molar-refractivity contribution is 0.101. The van der Waals surface area contributed by atoms with Gasteiger partial charge in [0.25, 0.3) is 5.91 Å². The Bertz CT molecular complexity index is 642. The van der Waals surface area contributed by atoms with Crippen LogP contribution in [0.4, 0.5) is 5.69 Å². The molecule has 19 heavy (non-hydrogen) atoms. The number of amides is 1. The van der Waals surface area contributed by atoms with E-state index in [-0.39, 0.29) is 12.2 Å². The molecule has 0 saturated carbocycles. The Hall–Kier alpha value is -2.29. The van der Waals surface area contributed by atoms with Crippen molar-refractivity contribution in [3.05, 3.63) is 46.8 Å². The molecule has 0 saturated heterocycles. The smallest absolute Gasteiger partial charge is 0.277 e. The highest BCUT2D eigenvalue weighted by Crippen LogP contribution is 2.23. The first-order valence-electron chi connectivity index (χ1n) is 5.41. The first kappa shape index (κ1) is 13.1. The fraction of sp³-hybridized carbons (Fsp3) is 0.0769. The molecule has 0 radical (unpaired) electrons. The van der Waals surface area contributed by atoms with Crippen LogP contribution in [0.15, 0.2) is 35.1 Å². The molecule has 6 heteroatoms. The van der Waals surface area contributed by atoms with Gasteiger partial charge in [-0.15, -0.1) is 0 Å². The average Bonchev–Trinajstić information content (AvgIpc) is 2.93. The lowest BCUT2D eigenvalue weighted by atomic mass is 10.2. The van der Waals surface area contributed by atoms with E-state index in [0.29, 0.717) is 16.3 Å². The van der Waals surface area contributed by atoms with E-state index >= 15 is 0 Å². The lowest BCUT2D eigenvalue weighted by Gasteiger charge is -2.05. The van der Waals surface area contributed by atoms with Crippen molar-refractivity contribution >= 4 is 23.2 Å². The normalized spacial score (nSPS) is 9.58. The van der Waals surface area contributed by atoms with E-state index in [2.05, 4.69) is 26.8 Å². The Kier molecular flexibility index (Phi) is 4.18. The van der Waals surface area contributed by atoms with E-state index in [1.165, 1.54) is 12.3 Å². The number of nitrogens with two attached hydrogens (primary N) is 1. The molecule has 0 bridgehead atoms. The Morgan fingerprint density at radius 2 is 2.32 bits per heavy atom. The summed E-state index contributed by atoms with van der Waals surface area (Å²) < 4.78 is 4.60. The van der Waals surface area contributed by atoms with Gasteiger partial charge in [-0.3, -0.25) is 4.79 Å². The molecule has 0 aliphatic rings. The van der Waals surface area contributed by atoms with Crippen LogP contribution in [-0.2, 0) is 0 Å². The van der Waals surface area contributed by atoms with Gasteiger partial charge in [0, 0.05) is 11.6 Å². The predicted octanol–water partition coefficient (Wildman–Crippen LogP) is 1.89. The van der Waals surface area contributed by atoms with Gasteiger partial charge in [0.15, 0.2) is 5.69 Å². The van der Waals surface area contributed by atoms with Gasteiger partial charge in [0.05, 0.1) is 17.3 Å². The molecular formula is C13H10ClN3O2. The van der Waals surface area contributed by atoms with Gasteiger partial charge in [-0.05, 0) is 18.2 Å². The van der Waals surface area contributed by atoms with E-state index in [0.717, 1.165) is 0 Å². The number of nitrogens with one attached hydrogen (secondary N) is 1. The standard InChI is InChI=1S/C13H10ClN3O2/c14-10-4-3-9(2-1-6-15)8-12(10)16-13(18)11-5-7-19-17-11/h3-5,7-8H,6,15H2,(H,16,18). The Morgan fingerprint density at radius 3 is 3.00 bits per heavy atom. The molecule has 96 valence electrons. The quantitative estimate of drug-likeness (QED) is 0.820. The topological polar surface area (TPSA) is 81.1 Å². The molecule has 0 aliphatic heterocycles. The highest BCUT2D eigenvalue weighted by atomic mass is 35.5. The monoisotopic (exact) mass is 275 g/mol. The summed E-state index contributed by atoms with van der Waals surface area (Å²) in [6, 6.07) is 6.53. The van der Waals surface area contributed by atoms with E-state index in [4.69, 9.17) is 17.3 Å². The van der Waals surface area contributed by atoms with Crippen molar-refractivity contribution in [3.63, 3.8) is 0 Å². The van der Waals surface area contributed by atoms with Crippen molar-refractivity contribution in [1.82, 2.24) is 5.16 Å². The molecule has 2 rings (SSSR count). The Labute approximate surface area is 114 Å².